The van der Waals surface area contributed by atoms with E-state index in [2.05, 4.69) is 11.1 Å². The molecule has 0 unspecified atom stereocenters. The van der Waals surface area contributed by atoms with Crippen LogP contribution in [-0.4, -0.2) is 21.2 Å². The number of hydrogen-bond acceptors (Lipinski definition) is 6. The molecular weight excluding hydrogens is 240 g/mol. The molecule has 1 aromatic carbocycles. The van der Waals surface area contributed by atoms with Gasteiger partial charge in [0.25, 0.3) is 5.69 Å². The summed E-state index contributed by atoms with van der Waals surface area (Å²) in [6.45, 7) is 0. The van der Waals surface area contributed by atoms with Crippen molar-refractivity contribution in [1.29, 1.82) is 0 Å². The summed E-state index contributed by atoms with van der Waals surface area (Å²) in [4.78, 5) is 9.78. The van der Waals surface area contributed by atoms with Gasteiger partial charge < -0.3 is 16.1 Å². The number of nitro groups is 1. The third-order valence-electron chi connectivity index (χ3n) is 1.46. The lowest BCUT2D eigenvalue weighted by atomic mass is 10.2. The highest BCUT2D eigenvalue weighted by Crippen LogP contribution is 2.12. The number of benzene rings is 1. The Balaban J connectivity index is 0. The maximum Gasteiger partial charge on any atom is 0.270 e. The minimum absolute atomic E-state index is 0. The van der Waals surface area contributed by atoms with Gasteiger partial charge in [0.1, 0.15) is 0 Å². The van der Waals surface area contributed by atoms with Gasteiger partial charge in [-0.15, -0.1) is 12.4 Å². The summed E-state index contributed by atoms with van der Waals surface area (Å²) in [5.74, 6) is 3.35. The zero-order valence-corrected chi connectivity index (χ0v) is 8.79. The molecule has 0 aliphatic carbocycles. The van der Waals surface area contributed by atoms with Crippen LogP contribution in [0.1, 0.15) is 5.56 Å². The predicted molar refractivity (Wildman–Crippen MR) is 58.8 cm³/mol. The number of halogens is 1. The van der Waals surface area contributed by atoms with Crippen LogP contribution in [0.15, 0.2) is 29.4 Å². The summed E-state index contributed by atoms with van der Waals surface area (Å²) in [6.07, 6.45) is 0. The lowest BCUT2D eigenvalue weighted by molar-refractivity contribution is -0.384. The maximum atomic E-state index is 10.3. The van der Waals surface area contributed by atoms with Gasteiger partial charge in [0.15, 0.2) is 5.84 Å². The number of amidine groups is 1. The smallest absolute Gasteiger partial charge is 0.270 e. The van der Waals surface area contributed by atoms with Crippen LogP contribution in [-0.2, 0) is 0 Å². The topological polar surface area (TPSA) is 148 Å². The van der Waals surface area contributed by atoms with Gasteiger partial charge in [-0.1, -0.05) is 17.3 Å². The summed E-state index contributed by atoms with van der Waals surface area (Å²) in [5, 5.41) is 27.9. The quantitative estimate of drug-likeness (QED) is 0.197. The Morgan fingerprint density at radius 2 is 2.00 bits per heavy atom. The molecule has 0 atom stereocenters. The van der Waals surface area contributed by atoms with Crippen LogP contribution < -0.4 is 11.6 Å². The van der Waals surface area contributed by atoms with Crippen LogP contribution in [0.25, 0.3) is 0 Å². The van der Waals surface area contributed by atoms with E-state index in [0.29, 0.717) is 5.56 Å². The minimum atomic E-state index is -0.547. The SMILES string of the molecule is Cl.N/C(=N\O)c1cccc([N+](=O)[O-])c1.NO. The molecule has 9 heteroatoms. The Morgan fingerprint density at radius 3 is 2.44 bits per heavy atom. The molecule has 0 aliphatic rings. The van der Waals surface area contributed by atoms with Crippen molar-refractivity contribution in [2.24, 2.45) is 16.8 Å². The standard InChI is InChI=1S/C7H7N3O3.ClH.H3NO/c8-7(9-11)5-2-1-3-6(4-5)10(12)13;;1-2/h1-4,11H,(H2,8,9);1H;2H,1H2. The van der Waals surface area contributed by atoms with Crippen molar-refractivity contribution in [2.45, 2.75) is 0 Å². The second-order valence-corrected chi connectivity index (χ2v) is 2.29. The van der Waals surface area contributed by atoms with Gasteiger partial charge in [0.2, 0.25) is 0 Å². The molecule has 0 saturated heterocycles. The number of nitro benzene ring substituents is 1. The molecule has 0 saturated carbocycles. The number of nitrogens with two attached hydrogens (primary N) is 2. The molecule has 0 aliphatic heterocycles. The van der Waals surface area contributed by atoms with Gasteiger partial charge in [0.05, 0.1) is 4.92 Å². The van der Waals surface area contributed by atoms with E-state index in [0.717, 1.165) is 0 Å². The van der Waals surface area contributed by atoms with Crippen LogP contribution in [0.2, 0.25) is 0 Å². The van der Waals surface area contributed by atoms with Crippen LogP contribution in [0, 0.1) is 10.1 Å². The molecule has 0 radical (unpaired) electrons. The van der Waals surface area contributed by atoms with Crippen molar-refractivity contribution in [3.8, 4) is 0 Å². The second-order valence-electron chi connectivity index (χ2n) is 2.29. The number of rotatable bonds is 2. The summed E-state index contributed by atoms with van der Waals surface area (Å²) >= 11 is 0. The number of hydrogen-bond donors (Lipinski definition) is 4. The van der Waals surface area contributed by atoms with Crippen LogP contribution in [0.5, 0.6) is 0 Å². The first-order valence-corrected chi connectivity index (χ1v) is 3.63. The Hall–Kier alpha value is -1.90. The van der Waals surface area contributed by atoms with E-state index in [9.17, 15) is 10.1 Å². The van der Waals surface area contributed by atoms with Crippen molar-refractivity contribution in [2.75, 3.05) is 0 Å². The first-order chi connectivity index (χ1) is 7.15. The van der Waals surface area contributed by atoms with E-state index in [1.807, 2.05) is 0 Å². The fourth-order valence-corrected chi connectivity index (χ4v) is 0.837. The third-order valence-corrected chi connectivity index (χ3v) is 1.46. The highest BCUT2D eigenvalue weighted by molar-refractivity contribution is 5.97. The summed E-state index contributed by atoms with van der Waals surface area (Å²) in [6, 6.07) is 5.54. The van der Waals surface area contributed by atoms with Gasteiger partial charge in [0, 0.05) is 17.7 Å². The molecule has 16 heavy (non-hydrogen) atoms. The van der Waals surface area contributed by atoms with Crippen molar-refractivity contribution in [3.63, 3.8) is 0 Å². The molecule has 6 N–H and O–H groups in total. The van der Waals surface area contributed by atoms with Crippen LogP contribution in [0.3, 0.4) is 0 Å². The van der Waals surface area contributed by atoms with Gasteiger partial charge in [-0.2, -0.15) is 0 Å². The predicted octanol–water partition coefficient (Wildman–Crippen LogP) is 0.445. The van der Waals surface area contributed by atoms with Gasteiger partial charge >= 0.3 is 0 Å². The zero-order valence-electron chi connectivity index (χ0n) is 7.98. The average Bonchev–Trinajstić information content (AvgIpc) is 2.30. The summed E-state index contributed by atoms with van der Waals surface area (Å²) in [7, 11) is 0. The number of nitrogens with zero attached hydrogens (tertiary/aromatic N) is 2. The number of oxime groups is 1. The Bertz CT molecular complexity index is 371. The molecule has 1 rings (SSSR count). The van der Waals surface area contributed by atoms with E-state index in [4.69, 9.17) is 16.1 Å². The van der Waals surface area contributed by atoms with E-state index >= 15 is 0 Å². The summed E-state index contributed by atoms with van der Waals surface area (Å²) in [5.41, 5.74) is 5.46. The Morgan fingerprint density at radius 1 is 1.44 bits per heavy atom. The van der Waals surface area contributed by atoms with Gasteiger partial charge in [-0.25, -0.2) is 5.90 Å². The molecule has 0 aromatic heterocycles. The van der Waals surface area contributed by atoms with Crippen LogP contribution in [0.4, 0.5) is 5.69 Å². The van der Waals surface area contributed by atoms with Crippen molar-refractivity contribution in [3.05, 3.63) is 39.9 Å². The lowest BCUT2D eigenvalue weighted by Gasteiger charge is -1.96. The highest BCUT2D eigenvalue weighted by Gasteiger charge is 2.07. The fourth-order valence-electron chi connectivity index (χ4n) is 0.837. The summed E-state index contributed by atoms with van der Waals surface area (Å²) < 4.78 is 0. The Kier molecular flexibility index (Phi) is 8.69. The molecule has 1 aromatic rings. The third kappa shape index (κ3) is 4.55. The first kappa shape index (κ1) is 16.5. The monoisotopic (exact) mass is 250 g/mol. The van der Waals surface area contributed by atoms with E-state index in [1.165, 1.54) is 24.3 Å². The average molecular weight is 251 g/mol. The van der Waals surface area contributed by atoms with Crippen LogP contribution >= 0.6 is 12.4 Å². The van der Waals surface area contributed by atoms with E-state index < -0.39 is 4.92 Å². The van der Waals surface area contributed by atoms with E-state index in [-0.39, 0.29) is 23.9 Å². The lowest BCUT2D eigenvalue weighted by Crippen LogP contribution is -2.12. The Labute approximate surface area is 96.7 Å². The molecule has 90 valence electrons. The molecule has 0 fully saturated rings. The highest BCUT2D eigenvalue weighted by atomic mass is 35.5. The first-order valence-electron chi connectivity index (χ1n) is 3.63. The molecule has 0 bridgehead atoms. The largest absolute Gasteiger partial charge is 0.409 e. The number of non-ortho nitro benzene ring substituents is 1. The van der Waals surface area contributed by atoms with E-state index in [1.54, 1.807) is 0 Å². The molecular formula is C7H11ClN4O4. The van der Waals surface area contributed by atoms with Crippen molar-refractivity contribution < 1.29 is 15.3 Å². The zero-order chi connectivity index (χ0) is 11.8. The van der Waals surface area contributed by atoms with Gasteiger partial charge in [-0.3, -0.25) is 10.1 Å². The van der Waals surface area contributed by atoms with Crippen molar-refractivity contribution in [1.82, 2.24) is 0 Å². The maximum absolute atomic E-state index is 10.3. The van der Waals surface area contributed by atoms with Crippen molar-refractivity contribution >= 4 is 23.9 Å². The molecule has 0 amide bonds. The molecule has 0 heterocycles. The second kappa shape index (κ2) is 8.41. The molecule has 8 nitrogen and oxygen atoms in total. The van der Waals surface area contributed by atoms with Gasteiger partial charge in [-0.05, 0) is 0 Å². The minimum Gasteiger partial charge on any atom is -0.409 e. The normalized spacial score (nSPS) is 9.50. The molecule has 0 spiro atoms. The fraction of sp³-hybridized carbons (Fsp3) is 0.